The lowest BCUT2D eigenvalue weighted by Crippen LogP contribution is -2.40. The lowest BCUT2D eigenvalue weighted by molar-refractivity contribution is -0.145. The van der Waals surface area contributed by atoms with E-state index < -0.39 is 29.7 Å². The summed E-state index contributed by atoms with van der Waals surface area (Å²) in [6.07, 6.45) is -4.48. The van der Waals surface area contributed by atoms with Crippen molar-refractivity contribution in [2.45, 2.75) is 25.6 Å². The third-order valence-electron chi connectivity index (χ3n) is 7.11. The van der Waals surface area contributed by atoms with Gasteiger partial charge in [0.1, 0.15) is 6.04 Å². The largest absolute Gasteiger partial charge is 0.451 e. The molecule has 2 aliphatic heterocycles. The van der Waals surface area contributed by atoms with Gasteiger partial charge in [0.2, 0.25) is 17.7 Å². The Kier molecular flexibility index (Phi) is 6.34. The smallest absolute Gasteiger partial charge is 0.378 e. The molecule has 4 aromatic rings. The zero-order valence-corrected chi connectivity index (χ0v) is 21.4. The molecule has 0 unspecified atom stereocenters. The van der Waals surface area contributed by atoms with Crippen LogP contribution in [-0.2, 0) is 17.3 Å². The molecule has 2 aromatic heterocycles. The van der Waals surface area contributed by atoms with Crippen LogP contribution in [0.2, 0.25) is 5.02 Å². The normalized spacial score (nSPS) is 18.1. The number of benzene rings is 2. The molecule has 0 saturated carbocycles. The summed E-state index contributed by atoms with van der Waals surface area (Å²) in [6, 6.07) is 7.06. The Bertz CT molecular complexity index is 1570. The van der Waals surface area contributed by atoms with Gasteiger partial charge in [0.15, 0.2) is 11.6 Å². The van der Waals surface area contributed by atoms with Gasteiger partial charge >= 0.3 is 6.18 Å². The highest BCUT2D eigenvalue weighted by Gasteiger charge is 2.40. The molecule has 0 radical (unpaired) electrons. The van der Waals surface area contributed by atoms with Gasteiger partial charge in [-0.3, -0.25) is 0 Å². The highest BCUT2D eigenvalue weighted by molar-refractivity contribution is 6.31. The molecule has 39 heavy (non-hydrogen) atoms. The number of fused-ring (bicyclic) bond motifs is 3. The first-order chi connectivity index (χ1) is 18.6. The maximum Gasteiger partial charge on any atom is 0.451 e. The first kappa shape index (κ1) is 25.8. The van der Waals surface area contributed by atoms with E-state index >= 15 is 4.39 Å². The van der Waals surface area contributed by atoms with Gasteiger partial charge < -0.3 is 19.5 Å². The third-order valence-corrected chi connectivity index (χ3v) is 7.34. The molecule has 0 spiro atoms. The second kappa shape index (κ2) is 9.60. The van der Waals surface area contributed by atoms with Crippen molar-refractivity contribution in [3.05, 3.63) is 75.2 Å². The number of halogens is 6. The molecule has 1 atom stereocenters. The molecule has 0 aliphatic carbocycles. The van der Waals surface area contributed by atoms with Gasteiger partial charge in [-0.15, -0.1) is 0 Å². The maximum absolute atomic E-state index is 15.5. The average molecular weight is 565 g/mol. The predicted octanol–water partition coefficient (Wildman–Crippen LogP) is 5.60. The number of rotatable bonds is 3. The average Bonchev–Trinajstić information content (AvgIpc) is 3.29. The fourth-order valence-corrected chi connectivity index (χ4v) is 5.36. The molecule has 204 valence electrons. The minimum atomic E-state index is -4.85. The van der Waals surface area contributed by atoms with E-state index in [4.69, 9.17) is 16.3 Å². The summed E-state index contributed by atoms with van der Waals surface area (Å²) in [7, 11) is 0. The molecule has 0 amide bonds. The molecule has 1 saturated heterocycles. The lowest BCUT2D eigenvalue weighted by Gasteiger charge is -2.37. The van der Waals surface area contributed by atoms with E-state index in [2.05, 4.69) is 19.9 Å². The number of aryl methyl sites for hydroxylation is 1. The van der Waals surface area contributed by atoms with E-state index in [0.29, 0.717) is 49.0 Å². The van der Waals surface area contributed by atoms with E-state index in [1.807, 2.05) is 0 Å². The van der Waals surface area contributed by atoms with Crippen LogP contribution in [0.1, 0.15) is 34.3 Å². The zero-order valence-electron chi connectivity index (χ0n) is 20.6. The summed E-state index contributed by atoms with van der Waals surface area (Å²) in [5.74, 6) is -3.92. The molecule has 2 aromatic carbocycles. The predicted molar refractivity (Wildman–Crippen MR) is 135 cm³/mol. The zero-order chi connectivity index (χ0) is 27.5. The Balaban J connectivity index is 1.56. The minimum absolute atomic E-state index is 0.0569. The van der Waals surface area contributed by atoms with Gasteiger partial charge in [0, 0.05) is 46.8 Å². The van der Waals surface area contributed by atoms with Gasteiger partial charge in [-0.25, -0.2) is 8.78 Å². The van der Waals surface area contributed by atoms with Crippen LogP contribution in [0.15, 0.2) is 30.3 Å². The molecule has 2 aliphatic rings. The Labute approximate surface area is 224 Å². The van der Waals surface area contributed by atoms with E-state index in [1.165, 1.54) is 24.0 Å². The molecule has 6 rings (SSSR count). The molecule has 1 N–H and O–H groups in total. The Morgan fingerprint density at radius 2 is 1.72 bits per heavy atom. The summed E-state index contributed by atoms with van der Waals surface area (Å²) < 4.78 is 77.4. The van der Waals surface area contributed by atoms with Crippen molar-refractivity contribution in [1.29, 1.82) is 0 Å². The van der Waals surface area contributed by atoms with Gasteiger partial charge in [-0.2, -0.15) is 28.1 Å². The Morgan fingerprint density at radius 3 is 2.46 bits per heavy atom. The van der Waals surface area contributed by atoms with Crippen LogP contribution >= 0.6 is 11.6 Å². The quantitative estimate of drug-likeness (QED) is 0.327. The van der Waals surface area contributed by atoms with Crippen LogP contribution in [0.4, 0.5) is 33.8 Å². The Hall–Kier alpha value is -3.51. The number of morpholine rings is 1. The molecular weight excluding hydrogens is 543 g/mol. The summed E-state index contributed by atoms with van der Waals surface area (Å²) in [5.41, 5.74) is 2.08. The first-order valence-electron chi connectivity index (χ1n) is 12.3. The van der Waals surface area contributed by atoms with Crippen molar-refractivity contribution >= 4 is 34.4 Å². The monoisotopic (exact) mass is 564 g/mol. The van der Waals surface area contributed by atoms with Crippen LogP contribution in [0, 0.1) is 18.6 Å². The topological polar surface area (TPSA) is 70.2 Å². The van der Waals surface area contributed by atoms with Crippen LogP contribution in [0.25, 0.3) is 10.9 Å². The van der Waals surface area contributed by atoms with E-state index in [1.54, 1.807) is 23.1 Å². The molecule has 1 fully saturated rings. The highest BCUT2D eigenvalue weighted by Crippen LogP contribution is 2.42. The number of nitrogens with one attached hydrogen (secondary N) is 1. The number of hydrogen-bond acceptors (Lipinski definition) is 6. The van der Waals surface area contributed by atoms with Crippen molar-refractivity contribution < 1.29 is 26.7 Å². The van der Waals surface area contributed by atoms with Gasteiger partial charge in [0.05, 0.1) is 13.2 Å². The van der Waals surface area contributed by atoms with Crippen molar-refractivity contribution in [3.8, 4) is 0 Å². The number of aromatic amines is 1. The summed E-state index contributed by atoms with van der Waals surface area (Å²) in [5, 5.41) is 1.30. The standard InChI is InChI=1S/C26H22ClF5N6O/c1-13-2-4-16(20(29)19(13)28)22-21-15(17-12-14(27)3-5-18(17)33-21)6-7-38(22)25-35-23(26(30,31)32)34-24(36-25)37-8-10-39-11-9-37/h2-5,12,22,33H,6-11H2,1H3/t22-/m0/s1. The number of aromatic nitrogens is 4. The number of H-pyrrole nitrogens is 1. The number of nitrogens with zero attached hydrogens (tertiary/aromatic N) is 5. The second-order valence-electron chi connectivity index (χ2n) is 9.51. The van der Waals surface area contributed by atoms with Gasteiger partial charge in [-0.1, -0.05) is 23.7 Å². The van der Waals surface area contributed by atoms with Crippen molar-refractivity contribution in [3.63, 3.8) is 0 Å². The van der Waals surface area contributed by atoms with Crippen LogP contribution in [0.3, 0.4) is 0 Å². The summed E-state index contributed by atoms with van der Waals surface area (Å²) in [4.78, 5) is 18.2. The number of hydrogen-bond donors (Lipinski definition) is 1. The van der Waals surface area contributed by atoms with Gasteiger partial charge in [-0.05, 0) is 42.7 Å². The third kappa shape index (κ3) is 4.55. The van der Waals surface area contributed by atoms with Crippen LogP contribution in [0.5, 0.6) is 0 Å². The lowest BCUT2D eigenvalue weighted by atomic mass is 9.91. The summed E-state index contributed by atoms with van der Waals surface area (Å²) in [6.45, 7) is 2.79. The van der Waals surface area contributed by atoms with Crippen molar-refractivity contribution in [2.75, 3.05) is 42.6 Å². The van der Waals surface area contributed by atoms with Crippen LogP contribution < -0.4 is 9.80 Å². The number of alkyl halides is 3. The molecule has 0 bridgehead atoms. The number of anilines is 2. The highest BCUT2D eigenvalue weighted by atomic mass is 35.5. The molecule has 4 heterocycles. The van der Waals surface area contributed by atoms with Crippen LogP contribution in [-0.4, -0.2) is 52.8 Å². The SMILES string of the molecule is Cc1ccc([C@H]2c3[nH]c4ccc(Cl)cc4c3CCN2c2nc(N3CCOCC3)nc(C(F)(F)F)n2)c(F)c1F. The van der Waals surface area contributed by atoms with E-state index in [-0.39, 0.29) is 29.6 Å². The van der Waals surface area contributed by atoms with E-state index in [9.17, 15) is 17.6 Å². The Morgan fingerprint density at radius 1 is 0.974 bits per heavy atom. The van der Waals surface area contributed by atoms with Crippen molar-refractivity contribution in [2.24, 2.45) is 0 Å². The molecule has 7 nitrogen and oxygen atoms in total. The fourth-order valence-electron chi connectivity index (χ4n) is 5.19. The number of ether oxygens (including phenoxy) is 1. The first-order valence-corrected chi connectivity index (χ1v) is 12.7. The van der Waals surface area contributed by atoms with Crippen molar-refractivity contribution in [1.82, 2.24) is 19.9 Å². The minimum Gasteiger partial charge on any atom is -0.378 e. The summed E-state index contributed by atoms with van der Waals surface area (Å²) >= 11 is 6.23. The maximum atomic E-state index is 15.5. The second-order valence-corrected chi connectivity index (χ2v) is 9.95. The van der Waals surface area contributed by atoms with Gasteiger partial charge in [0.25, 0.3) is 0 Å². The molecule has 13 heteroatoms. The fraction of sp³-hybridized carbons (Fsp3) is 0.346. The molecular formula is C26H22ClF5N6O. The van der Waals surface area contributed by atoms with E-state index in [0.717, 1.165) is 10.9 Å².